The van der Waals surface area contributed by atoms with Crippen molar-refractivity contribution < 1.29 is 18.7 Å². The van der Waals surface area contributed by atoms with Crippen LogP contribution in [0, 0.1) is 6.42 Å². The standard InChI is InChI=1S/C23H34FN2O3/c1-2-3-4-5-6-7-23(27)25-20(17-26-11-10-19(24)16-26)14-18-8-9-21-22(15-18)29-13-12-28-21/h8-9,14-15,19-20H,2-7,10-13,16-17H2,1H3,(H,25,27)/t19-,20-/m0/s1. The predicted molar refractivity (Wildman–Crippen MR) is 112 cm³/mol. The van der Waals surface area contributed by atoms with E-state index in [2.05, 4.69) is 17.1 Å². The number of amides is 1. The molecule has 1 aromatic rings. The molecule has 2 heterocycles. The van der Waals surface area contributed by atoms with Gasteiger partial charge in [-0.3, -0.25) is 9.69 Å². The van der Waals surface area contributed by atoms with Gasteiger partial charge in [-0.25, -0.2) is 4.39 Å². The van der Waals surface area contributed by atoms with Gasteiger partial charge >= 0.3 is 0 Å². The Hall–Kier alpha value is -1.82. The monoisotopic (exact) mass is 405 g/mol. The second-order valence-electron chi connectivity index (χ2n) is 8.05. The van der Waals surface area contributed by atoms with Crippen LogP contribution in [-0.4, -0.2) is 55.9 Å². The van der Waals surface area contributed by atoms with Crippen LogP contribution in [-0.2, 0) is 4.79 Å². The van der Waals surface area contributed by atoms with E-state index in [0.29, 0.717) is 39.1 Å². The highest BCUT2D eigenvalue weighted by atomic mass is 19.1. The van der Waals surface area contributed by atoms with Crippen molar-refractivity contribution in [1.29, 1.82) is 0 Å². The zero-order valence-electron chi connectivity index (χ0n) is 17.5. The Balaban J connectivity index is 1.56. The van der Waals surface area contributed by atoms with Crippen LogP contribution in [0.25, 0.3) is 0 Å². The Morgan fingerprint density at radius 1 is 1.24 bits per heavy atom. The number of likely N-dealkylation sites (tertiary alicyclic amines) is 1. The first kappa shape index (κ1) is 21.9. The average Bonchev–Trinajstić information content (AvgIpc) is 3.12. The van der Waals surface area contributed by atoms with Crippen LogP contribution in [0.15, 0.2) is 18.2 Å². The van der Waals surface area contributed by atoms with Gasteiger partial charge in [0.2, 0.25) is 5.91 Å². The van der Waals surface area contributed by atoms with Gasteiger partial charge in [0.05, 0.1) is 0 Å². The highest BCUT2D eigenvalue weighted by Gasteiger charge is 2.25. The molecule has 2 aliphatic heterocycles. The summed E-state index contributed by atoms with van der Waals surface area (Å²) in [6, 6.07) is 5.66. The van der Waals surface area contributed by atoms with Gasteiger partial charge in [-0.15, -0.1) is 0 Å². The number of rotatable bonds is 11. The van der Waals surface area contributed by atoms with E-state index in [4.69, 9.17) is 9.47 Å². The van der Waals surface area contributed by atoms with E-state index in [1.54, 1.807) is 0 Å². The number of nitrogens with one attached hydrogen (secondary N) is 1. The first-order valence-corrected chi connectivity index (χ1v) is 11.0. The van der Waals surface area contributed by atoms with Crippen LogP contribution in [0.5, 0.6) is 11.5 Å². The van der Waals surface area contributed by atoms with Gasteiger partial charge in [-0.05, 0) is 30.5 Å². The number of unbranched alkanes of at least 4 members (excludes halogenated alkanes) is 4. The van der Waals surface area contributed by atoms with Gasteiger partial charge in [0.15, 0.2) is 11.5 Å². The second-order valence-corrected chi connectivity index (χ2v) is 8.05. The van der Waals surface area contributed by atoms with E-state index in [9.17, 15) is 9.18 Å². The van der Waals surface area contributed by atoms with Crippen molar-refractivity contribution in [3.8, 4) is 11.5 Å². The van der Waals surface area contributed by atoms with Gasteiger partial charge in [-0.2, -0.15) is 0 Å². The third-order valence-electron chi connectivity index (χ3n) is 5.48. The topological polar surface area (TPSA) is 50.8 Å². The highest BCUT2D eigenvalue weighted by molar-refractivity contribution is 5.76. The van der Waals surface area contributed by atoms with Gasteiger partial charge in [-0.1, -0.05) is 38.7 Å². The fourth-order valence-corrected chi connectivity index (χ4v) is 3.93. The molecular formula is C23H34FN2O3. The average molecular weight is 406 g/mol. The van der Waals surface area contributed by atoms with Crippen molar-refractivity contribution in [2.45, 2.75) is 64.1 Å². The second kappa shape index (κ2) is 11.4. The highest BCUT2D eigenvalue weighted by Crippen LogP contribution is 2.31. The summed E-state index contributed by atoms with van der Waals surface area (Å²) in [7, 11) is 0. The third-order valence-corrected chi connectivity index (χ3v) is 5.48. The quantitative estimate of drug-likeness (QED) is 0.568. The Kier molecular flexibility index (Phi) is 8.59. The smallest absolute Gasteiger partial charge is 0.220 e. The summed E-state index contributed by atoms with van der Waals surface area (Å²) in [6.07, 6.45) is 8.00. The molecule has 29 heavy (non-hydrogen) atoms. The normalized spacial score (nSPS) is 19.9. The van der Waals surface area contributed by atoms with E-state index in [1.807, 2.05) is 24.6 Å². The molecule has 1 fully saturated rings. The van der Waals surface area contributed by atoms with Crippen LogP contribution < -0.4 is 14.8 Å². The van der Waals surface area contributed by atoms with Crippen LogP contribution in [0.4, 0.5) is 4.39 Å². The Morgan fingerprint density at radius 3 is 2.79 bits per heavy atom. The maximum atomic E-state index is 13.6. The Labute approximate surface area is 173 Å². The molecule has 0 unspecified atom stereocenters. The first-order chi connectivity index (χ1) is 14.1. The van der Waals surface area contributed by atoms with Crippen molar-refractivity contribution in [1.82, 2.24) is 10.2 Å². The summed E-state index contributed by atoms with van der Waals surface area (Å²) >= 11 is 0. The lowest BCUT2D eigenvalue weighted by Gasteiger charge is -2.25. The molecule has 0 spiro atoms. The maximum Gasteiger partial charge on any atom is 0.220 e. The maximum absolute atomic E-state index is 13.6. The Bertz CT molecular complexity index is 655. The van der Waals surface area contributed by atoms with Gasteiger partial charge in [0, 0.05) is 38.5 Å². The number of hydrogen-bond donors (Lipinski definition) is 1. The van der Waals surface area contributed by atoms with Gasteiger partial charge < -0.3 is 14.8 Å². The molecule has 1 N–H and O–H groups in total. The molecule has 1 radical (unpaired) electrons. The molecule has 0 aromatic heterocycles. The predicted octanol–water partition coefficient (Wildman–Crippen LogP) is 3.90. The van der Waals surface area contributed by atoms with Crippen LogP contribution in [0.3, 0.4) is 0 Å². The van der Waals surface area contributed by atoms with Crippen LogP contribution in [0.1, 0.15) is 57.4 Å². The van der Waals surface area contributed by atoms with E-state index < -0.39 is 6.17 Å². The molecule has 0 aliphatic carbocycles. The number of hydrogen-bond acceptors (Lipinski definition) is 4. The number of ether oxygens (including phenoxy) is 2. The lowest BCUT2D eigenvalue weighted by atomic mass is 10.0. The van der Waals surface area contributed by atoms with Crippen molar-refractivity contribution in [3.63, 3.8) is 0 Å². The molecule has 1 saturated heterocycles. The van der Waals surface area contributed by atoms with Crippen LogP contribution in [0.2, 0.25) is 0 Å². The summed E-state index contributed by atoms with van der Waals surface area (Å²) in [5.74, 6) is 1.55. The summed E-state index contributed by atoms with van der Waals surface area (Å²) in [4.78, 5) is 14.6. The minimum absolute atomic E-state index is 0.0660. The number of carbonyl (C=O) groups excluding carboxylic acids is 1. The molecule has 1 aromatic carbocycles. The third kappa shape index (κ3) is 7.18. The largest absolute Gasteiger partial charge is 0.486 e. The fourth-order valence-electron chi connectivity index (χ4n) is 3.93. The number of benzene rings is 1. The molecule has 161 valence electrons. The lowest BCUT2D eigenvalue weighted by molar-refractivity contribution is -0.121. The zero-order valence-corrected chi connectivity index (χ0v) is 17.5. The summed E-state index contributed by atoms with van der Waals surface area (Å²) in [5.41, 5.74) is 0.971. The zero-order chi connectivity index (χ0) is 20.5. The minimum atomic E-state index is -0.765. The van der Waals surface area contributed by atoms with Crippen molar-refractivity contribution in [2.75, 3.05) is 32.8 Å². The number of fused-ring (bicyclic) bond motifs is 1. The van der Waals surface area contributed by atoms with Crippen molar-refractivity contribution in [2.24, 2.45) is 0 Å². The molecule has 1 amide bonds. The molecule has 6 heteroatoms. The van der Waals surface area contributed by atoms with Gasteiger partial charge in [0.1, 0.15) is 19.4 Å². The van der Waals surface area contributed by atoms with Crippen LogP contribution >= 0.6 is 0 Å². The first-order valence-electron chi connectivity index (χ1n) is 11.0. The summed E-state index contributed by atoms with van der Waals surface area (Å²) in [5, 5.41) is 3.15. The van der Waals surface area contributed by atoms with E-state index in [1.165, 1.54) is 19.3 Å². The SMILES string of the molecule is CCCCCCCC(=O)N[C@@H]([CH]c1ccc2c(c1)OCCO2)CN1CC[C@H](F)C1. The molecule has 0 bridgehead atoms. The number of nitrogens with zero attached hydrogens (tertiary/aromatic N) is 1. The number of carbonyl (C=O) groups is 1. The molecular weight excluding hydrogens is 371 g/mol. The fraction of sp³-hybridized carbons (Fsp3) is 0.652. The van der Waals surface area contributed by atoms with E-state index >= 15 is 0 Å². The molecule has 2 atom stereocenters. The molecule has 2 aliphatic rings. The van der Waals surface area contributed by atoms with E-state index in [0.717, 1.165) is 36.4 Å². The van der Waals surface area contributed by atoms with Crippen molar-refractivity contribution >= 4 is 5.91 Å². The molecule has 3 rings (SSSR count). The van der Waals surface area contributed by atoms with E-state index in [-0.39, 0.29) is 11.9 Å². The number of halogens is 1. The Morgan fingerprint density at radius 2 is 2.03 bits per heavy atom. The molecule has 5 nitrogen and oxygen atoms in total. The molecule has 0 saturated carbocycles. The number of alkyl halides is 1. The summed E-state index contributed by atoms with van der Waals surface area (Å²) < 4.78 is 24.8. The minimum Gasteiger partial charge on any atom is -0.486 e. The van der Waals surface area contributed by atoms with Crippen molar-refractivity contribution in [3.05, 3.63) is 30.2 Å². The summed E-state index contributed by atoms with van der Waals surface area (Å²) in [6.45, 7) is 5.09. The van der Waals surface area contributed by atoms with Gasteiger partial charge in [0.25, 0.3) is 0 Å². The lowest BCUT2D eigenvalue weighted by Crippen LogP contribution is -2.43.